The van der Waals surface area contributed by atoms with Crippen LogP contribution in [0, 0.1) is 12.8 Å². The molecule has 1 saturated heterocycles. The number of aromatic nitrogens is 3. The number of amides is 2. The van der Waals surface area contributed by atoms with E-state index < -0.39 is 6.04 Å². The fourth-order valence-electron chi connectivity index (χ4n) is 3.01. The Morgan fingerprint density at radius 2 is 2.24 bits per heavy atom. The molecular weight excluding hydrogens is 338 g/mol. The van der Waals surface area contributed by atoms with Gasteiger partial charge >= 0.3 is 0 Å². The van der Waals surface area contributed by atoms with Crippen LogP contribution in [-0.2, 0) is 18.3 Å². The monoisotopic (exact) mass is 361 g/mol. The Kier molecular flexibility index (Phi) is 4.89. The molecule has 3 heterocycles. The molecule has 1 aliphatic heterocycles. The molecule has 0 spiro atoms. The van der Waals surface area contributed by atoms with Gasteiger partial charge in [-0.1, -0.05) is 13.8 Å². The van der Waals surface area contributed by atoms with Gasteiger partial charge in [-0.3, -0.25) is 14.3 Å². The molecule has 2 amide bonds. The van der Waals surface area contributed by atoms with Crippen molar-refractivity contribution in [3.63, 3.8) is 0 Å². The minimum absolute atomic E-state index is 0.0898. The Morgan fingerprint density at radius 1 is 1.48 bits per heavy atom. The minimum Gasteiger partial charge on any atom is -0.339 e. The average molecular weight is 361 g/mol. The first-order valence-electron chi connectivity index (χ1n) is 8.42. The number of nitrogens with one attached hydrogen (secondary N) is 1. The molecule has 2 aromatic rings. The normalized spacial score (nSPS) is 17.6. The minimum atomic E-state index is -0.498. The summed E-state index contributed by atoms with van der Waals surface area (Å²) < 4.78 is 1.66. The van der Waals surface area contributed by atoms with E-state index in [9.17, 15) is 9.59 Å². The van der Waals surface area contributed by atoms with E-state index >= 15 is 0 Å². The predicted molar refractivity (Wildman–Crippen MR) is 96.8 cm³/mol. The van der Waals surface area contributed by atoms with Crippen LogP contribution < -0.4 is 10.2 Å². The lowest BCUT2D eigenvalue weighted by molar-refractivity contribution is -0.118. The van der Waals surface area contributed by atoms with Crippen LogP contribution in [0.2, 0.25) is 0 Å². The van der Waals surface area contributed by atoms with Crippen LogP contribution in [0.15, 0.2) is 12.4 Å². The van der Waals surface area contributed by atoms with Gasteiger partial charge < -0.3 is 10.2 Å². The van der Waals surface area contributed by atoms with Gasteiger partial charge in [-0.15, -0.1) is 11.3 Å². The summed E-state index contributed by atoms with van der Waals surface area (Å²) in [6, 6.07) is -0.498. The number of carbonyl (C=O) groups excluding carboxylic acids is 2. The maximum atomic E-state index is 12.7. The second kappa shape index (κ2) is 6.95. The lowest BCUT2D eigenvalue weighted by Gasteiger charge is -2.15. The summed E-state index contributed by atoms with van der Waals surface area (Å²) in [6.45, 7) is 6.68. The van der Waals surface area contributed by atoms with Gasteiger partial charge in [0.15, 0.2) is 0 Å². The summed E-state index contributed by atoms with van der Waals surface area (Å²) in [5.41, 5.74) is 1.59. The molecule has 25 heavy (non-hydrogen) atoms. The summed E-state index contributed by atoms with van der Waals surface area (Å²) in [5.74, 6) is 0.128. The maximum Gasteiger partial charge on any atom is 0.263 e. The molecule has 0 bridgehead atoms. The first kappa shape index (κ1) is 17.6. The van der Waals surface area contributed by atoms with E-state index in [1.807, 2.05) is 14.0 Å². The summed E-state index contributed by atoms with van der Waals surface area (Å²) in [7, 11) is 1.81. The summed E-state index contributed by atoms with van der Waals surface area (Å²) >= 11 is 1.39. The molecule has 8 heteroatoms. The van der Waals surface area contributed by atoms with Crippen LogP contribution in [0.25, 0.3) is 0 Å². The Morgan fingerprint density at radius 3 is 2.88 bits per heavy atom. The third-order valence-corrected chi connectivity index (χ3v) is 5.14. The van der Waals surface area contributed by atoms with Crippen LogP contribution in [0.3, 0.4) is 0 Å². The van der Waals surface area contributed by atoms with Gasteiger partial charge in [-0.05, 0) is 25.7 Å². The van der Waals surface area contributed by atoms with Gasteiger partial charge in [-0.25, -0.2) is 4.98 Å². The lowest BCUT2D eigenvalue weighted by Crippen LogP contribution is -2.41. The van der Waals surface area contributed by atoms with Crippen molar-refractivity contribution in [1.82, 2.24) is 20.1 Å². The molecule has 1 fully saturated rings. The van der Waals surface area contributed by atoms with Crippen molar-refractivity contribution in [2.24, 2.45) is 13.0 Å². The standard InChI is InChI=1S/C17H23N5O2S/c1-10(2)7-14-15(25-11(3)19-14)16(23)20-13-5-6-22(17(13)24)12-8-18-21(4)9-12/h8-10,13H,5-7H2,1-4H3,(H,20,23). The van der Waals surface area contributed by atoms with Crippen molar-refractivity contribution in [3.8, 4) is 0 Å². The first-order chi connectivity index (χ1) is 11.8. The largest absolute Gasteiger partial charge is 0.339 e. The zero-order chi connectivity index (χ0) is 18.1. The number of hydrogen-bond acceptors (Lipinski definition) is 5. The van der Waals surface area contributed by atoms with Gasteiger partial charge in [0, 0.05) is 19.8 Å². The highest BCUT2D eigenvalue weighted by Gasteiger charge is 2.35. The molecule has 2 aromatic heterocycles. The van der Waals surface area contributed by atoms with E-state index in [1.54, 1.807) is 22.0 Å². The van der Waals surface area contributed by atoms with E-state index in [1.165, 1.54) is 11.3 Å². The Bertz CT molecular complexity index is 795. The van der Waals surface area contributed by atoms with Crippen molar-refractivity contribution in [3.05, 3.63) is 28.0 Å². The number of thiazole rings is 1. The molecule has 134 valence electrons. The Balaban J connectivity index is 1.71. The molecular formula is C17H23N5O2S. The zero-order valence-electron chi connectivity index (χ0n) is 14.9. The van der Waals surface area contributed by atoms with Gasteiger partial charge in [0.2, 0.25) is 5.91 Å². The van der Waals surface area contributed by atoms with Crippen molar-refractivity contribution in [2.45, 2.75) is 39.7 Å². The van der Waals surface area contributed by atoms with Gasteiger partial charge in [-0.2, -0.15) is 5.10 Å². The van der Waals surface area contributed by atoms with Crippen LogP contribution in [-0.4, -0.2) is 39.2 Å². The maximum absolute atomic E-state index is 12.7. The highest BCUT2D eigenvalue weighted by molar-refractivity contribution is 7.13. The van der Waals surface area contributed by atoms with Crippen molar-refractivity contribution in [1.29, 1.82) is 0 Å². The predicted octanol–water partition coefficient (Wildman–Crippen LogP) is 1.92. The fourth-order valence-corrected chi connectivity index (χ4v) is 3.86. The highest BCUT2D eigenvalue weighted by atomic mass is 32.1. The van der Waals surface area contributed by atoms with E-state index in [0.29, 0.717) is 23.8 Å². The van der Waals surface area contributed by atoms with Crippen molar-refractivity contribution in [2.75, 3.05) is 11.4 Å². The molecule has 0 aromatic carbocycles. The van der Waals surface area contributed by atoms with E-state index in [2.05, 4.69) is 29.2 Å². The molecule has 3 rings (SSSR count). The summed E-state index contributed by atoms with van der Waals surface area (Å²) in [6.07, 6.45) is 4.81. The number of nitrogens with zero attached hydrogens (tertiary/aromatic N) is 4. The summed E-state index contributed by atoms with van der Waals surface area (Å²) in [5, 5.41) is 7.86. The third-order valence-electron chi connectivity index (χ3n) is 4.13. The van der Waals surface area contributed by atoms with Crippen molar-refractivity contribution >= 4 is 28.8 Å². The topological polar surface area (TPSA) is 80.1 Å². The number of carbonyl (C=O) groups is 2. The first-order valence-corrected chi connectivity index (χ1v) is 9.24. The molecule has 0 saturated carbocycles. The van der Waals surface area contributed by atoms with Gasteiger partial charge in [0.25, 0.3) is 5.91 Å². The molecule has 1 atom stereocenters. The van der Waals surface area contributed by atoms with Crippen LogP contribution in [0.1, 0.15) is 40.6 Å². The zero-order valence-corrected chi connectivity index (χ0v) is 15.8. The van der Waals surface area contributed by atoms with Crippen LogP contribution >= 0.6 is 11.3 Å². The quantitative estimate of drug-likeness (QED) is 0.882. The van der Waals surface area contributed by atoms with Crippen LogP contribution in [0.4, 0.5) is 5.69 Å². The van der Waals surface area contributed by atoms with Crippen LogP contribution in [0.5, 0.6) is 0 Å². The number of rotatable bonds is 5. The molecule has 1 unspecified atom stereocenters. The molecule has 1 N–H and O–H groups in total. The van der Waals surface area contributed by atoms with Crippen molar-refractivity contribution < 1.29 is 9.59 Å². The highest BCUT2D eigenvalue weighted by Crippen LogP contribution is 2.23. The number of hydrogen-bond donors (Lipinski definition) is 1. The third kappa shape index (κ3) is 3.73. The summed E-state index contributed by atoms with van der Waals surface area (Å²) in [4.78, 5) is 32.1. The number of anilines is 1. The van der Waals surface area contributed by atoms with E-state index in [-0.39, 0.29) is 11.8 Å². The van der Waals surface area contributed by atoms with Gasteiger partial charge in [0.05, 0.1) is 22.6 Å². The molecule has 1 aliphatic rings. The average Bonchev–Trinajstić information content (AvgIpc) is 3.20. The Labute approximate surface area is 151 Å². The molecule has 7 nitrogen and oxygen atoms in total. The Hall–Kier alpha value is -2.22. The second-order valence-electron chi connectivity index (χ2n) is 6.78. The lowest BCUT2D eigenvalue weighted by atomic mass is 10.1. The van der Waals surface area contributed by atoms with E-state index in [4.69, 9.17) is 0 Å². The van der Waals surface area contributed by atoms with E-state index in [0.717, 1.165) is 22.8 Å². The smallest absolute Gasteiger partial charge is 0.263 e. The molecule has 0 radical (unpaired) electrons. The fraction of sp³-hybridized carbons (Fsp3) is 0.529. The second-order valence-corrected chi connectivity index (χ2v) is 7.99. The number of aryl methyl sites for hydroxylation is 2. The molecule has 0 aliphatic carbocycles. The SMILES string of the molecule is Cc1nc(CC(C)C)c(C(=O)NC2CCN(c3cnn(C)c3)C2=O)s1. The van der Waals surface area contributed by atoms with Gasteiger partial charge in [0.1, 0.15) is 10.9 Å².